The fraction of sp³-hybridized carbons (Fsp3) is 0.500. The third-order valence-corrected chi connectivity index (χ3v) is 3.84. The normalized spacial score (nSPS) is 15.5. The topological polar surface area (TPSA) is 75.4 Å². The van der Waals surface area contributed by atoms with Gasteiger partial charge >= 0.3 is 6.03 Å². The Morgan fingerprint density at radius 1 is 1.33 bits per heavy atom. The van der Waals surface area contributed by atoms with Crippen molar-refractivity contribution in [1.82, 2.24) is 5.32 Å². The van der Waals surface area contributed by atoms with Crippen LogP contribution in [0.4, 0.5) is 10.5 Å². The Morgan fingerprint density at radius 3 is 2.57 bits per heavy atom. The minimum absolute atomic E-state index is 0.0906. The SMILES string of the molecule is CC(NC(N)=O)C(=O)N1CCc2cc(C(C)(C)C)ccc21. The minimum atomic E-state index is -0.682. The van der Waals surface area contributed by atoms with Gasteiger partial charge in [-0.15, -0.1) is 0 Å². The summed E-state index contributed by atoms with van der Waals surface area (Å²) in [6.07, 6.45) is 0.842. The van der Waals surface area contributed by atoms with E-state index in [2.05, 4.69) is 38.2 Å². The maximum atomic E-state index is 12.4. The Hall–Kier alpha value is -2.04. The molecule has 5 heteroatoms. The third-order valence-electron chi connectivity index (χ3n) is 3.84. The average molecular weight is 289 g/mol. The molecule has 3 amide bonds. The molecule has 5 nitrogen and oxygen atoms in total. The molecule has 0 radical (unpaired) electrons. The van der Waals surface area contributed by atoms with Gasteiger partial charge in [-0.25, -0.2) is 4.79 Å². The zero-order chi connectivity index (χ0) is 15.8. The van der Waals surface area contributed by atoms with Crippen LogP contribution in [0.15, 0.2) is 18.2 Å². The number of hydrogen-bond donors (Lipinski definition) is 2. The lowest BCUT2D eigenvalue weighted by Crippen LogP contribution is -2.48. The second-order valence-corrected chi connectivity index (χ2v) is 6.56. The van der Waals surface area contributed by atoms with E-state index < -0.39 is 12.1 Å². The number of benzene rings is 1. The highest BCUT2D eigenvalue weighted by atomic mass is 16.2. The first kappa shape index (κ1) is 15.4. The highest BCUT2D eigenvalue weighted by Gasteiger charge is 2.29. The number of primary amides is 1. The average Bonchev–Trinajstić information content (AvgIpc) is 2.78. The molecule has 114 valence electrons. The number of anilines is 1. The molecule has 1 aliphatic heterocycles. The number of carbonyl (C=O) groups excluding carboxylic acids is 2. The number of carbonyl (C=O) groups is 2. The monoisotopic (exact) mass is 289 g/mol. The molecule has 0 fully saturated rings. The highest BCUT2D eigenvalue weighted by Crippen LogP contribution is 2.33. The van der Waals surface area contributed by atoms with E-state index in [-0.39, 0.29) is 11.3 Å². The molecule has 0 aliphatic carbocycles. The van der Waals surface area contributed by atoms with Gasteiger partial charge in [0, 0.05) is 12.2 Å². The number of amides is 3. The standard InChI is InChI=1S/C16H23N3O2/c1-10(18-15(17)21)14(20)19-8-7-11-9-12(16(2,3)4)5-6-13(11)19/h5-6,9-10H,7-8H2,1-4H3,(H3,17,18,21). The van der Waals surface area contributed by atoms with Gasteiger partial charge in [-0.2, -0.15) is 0 Å². The van der Waals surface area contributed by atoms with Gasteiger partial charge in [0.05, 0.1) is 0 Å². The number of nitrogens with one attached hydrogen (secondary N) is 1. The van der Waals surface area contributed by atoms with E-state index in [1.165, 1.54) is 11.1 Å². The van der Waals surface area contributed by atoms with Crippen molar-refractivity contribution in [2.75, 3.05) is 11.4 Å². The second-order valence-electron chi connectivity index (χ2n) is 6.56. The predicted octanol–water partition coefficient (Wildman–Crippen LogP) is 1.93. The Morgan fingerprint density at radius 2 is 2.00 bits per heavy atom. The smallest absolute Gasteiger partial charge is 0.312 e. The molecule has 21 heavy (non-hydrogen) atoms. The van der Waals surface area contributed by atoms with Crippen LogP contribution < -0.4 is 16.0 Å². The Bertz CT molecular complexity index is 575. The maximum Gasteiger partial charge on any atom is 0.312 e. The van der Waals surface area contributed by atoms with Crippen LogP contribution in [-0.4, -0.2) is 24.5 Å². The molecule has 1 aromatic carbocycles. The van der Waals surface area contributed by atoms with Crippen molar-refractivity contribution in [1.29, 1.82) is 0 Å². The van der Waals surface area contributed by atoms with Crippen molar-refractivity contribution in [3.8, 4) is 0 Å². The van der Waals surface area contributed by atoms with Crippen molar-refractivity contribution < 1.29 is 9.59 Å². The van der Waals surface area contributed by atoms with Crippen LogP contribution in [0, 0.1) is 0 Å². The van der Waals surface area contributed by atoms with E-state index in [1.54, 1.807) is 11.8 Å². The molecular formula is C16H23N3O2. The van der Waals surface area contributed by atoms with Crippen molar-refractivity contribution in [3.05, 3.63) is 29.3 Å². The van der Waals surface area contributed by atoms with Gasteiger partial charge in [-0.05, 0) is 36.0 Å². The molecule has 0 bridgehead atoms. The fourth-order valence-corrected chi connectivity index (χ4v) is 2.61. The first-order valence-corrected chi connectivity index (χ1v) is 7.21. The van der Waals surface area contributed by atoms with Gasteiger partial charge in [0.25, 0.3) is 0 Å². The van der Waals surface area contributed by atoms with Crippen molar-refractivity contribution >= 4 is 17.6 Å². The van der Waals surface area contributed by atoms with Crippen LogP contribution in [-0.2, 0) is 16.6 Å². The number of nitrogens with zero attached hydrogens (tertiary/aromatic N) is 1. The molecular weight excluding hydrogens is 266 g/mol. The number of hydrogen-bond acceptors (Lipinski definition) is 2. The predicted molar refractivity (Wildman–Crippen MR) is 83.4 cm³/mol. The molecule has 0 spiro atoms. The van der Waals surface area contributed by atoms with Crippen LogP contribution in [0.5, 0.6) is 0 Å². The maximum absolute atomic E-state index is 12.4. The number of nitrogens with two attached hydrogens (primary N) is 1. The van der Waals surface area contributed by atoms with Crippen LogP contribution in [0.2, 0.25) is 0 Å². The van der Waals surface area contributed by atoms with Crippen LogP contribution >= 0.6 is 0 Å². The summed E-state index contributed by atoms with van der Waals surface area (Å²) >= 11 is 0. The quantitative estimate of drug-likeness (QED) is 0.873. The minimum Gasteiger partial charge on any atom is -0.352 e. The number of urea groups is 1. The second kappa shape index (κ2) is 5.39. The molecule has 3 N–H and O–H groups in total. The summed E-state index contributed by atoms with van der Waals surface area (Å²) in [5, 5.41) is 2.43. The van der Waals surface area contributed by atoms with E-state index in [0.29, 0.717) is 6.54 Å². The Labute approximate surface area is 125 Å². The Kier molecular flexibility index (Phi) is 3.94. The number of fused-ring (bicyclic) bond motifs is 1. The van der Waals surface area contributed by atoms with E-state index in [1.807, 2.05) is 6.07 Å². The fourth-order valence-electron chi connectivity index (χ4n) is 2.61. The largest absolute Gasteiger partial charge is 0.352 e. The van der Waals surface area contributed by atoms with Crippen molar-refractivity contribution in [2.45, 2.75) is 45.6 Å². The van der Waals surface area contributed by atoms with E-state index in [0.717, 1.165) is 12.1 Å². The Balaban J connectivity index is 2.23. The van der Waals surface area contributed by atoms with E-state index in [9.17, 15) is 9.59 Å². The molecule has 0 aromatic heterocycles. The molecule has 1 heterocycles. The summed E-state index contributed by atoms with van der Waals surface area (Å²) in [6, 6.07) is 4.94. The summed E-state index contributed by atoms with van der Waals surface area (Å²) < 4.78 is 0. The third kappa shape index (κ3) is 3.17. The lowest BCUT2D eigenvalue weighted by molar-refractivity contribution is -0.119. The zero-order valence-electron chi connectivity index (χ0n) is 13.1. The van der Waals surface area contributed by atoms with Gasteiger partial charge in [-0.1, -0.05) is 32.9 Å². The molecule has 1 unspecified atom stereocenters. The summed E-state index contributed by atoms with van der Waals surface area (Å²) in [5.74, 6) is -0.129. The number of rotatable bonds is 2. The van der Waals surface area contributed by atoms with Crippen molar-refractivity contribution in [3.63, 3.8) is 0 Å². The van der Waals surface area contributed by atoms with Gasteiger partial charge < -0.3 is 16.0 Å². The first-order chi connectivity index (χ1) is 9.70. The summed E-state index contributed by atoms with van der Waals surface area (Å²) in [7, 11) is 0. The van der Waals surface area contributed by atoms with Crippen LogP contribution in [0.25, 0.3) is 0 Å². The molecule has 0 saturated heterocycles. The summed E-state index contributed by atoms with van der Waals surface area (Å²) in [5.41, 5.74) is 8.54. The summed E-state index contributed by atoms with van der Waals surface area (Å²) in [4.78, 5) is 25.0. The lowest BCUT2D eigenvalue weighted by Gasteiger charge is -2.23. The lowest BCUT2D eigenvalue weighted by atomic mass is 9.86. The summed E-state index contributed by atoms with van der Waals surface area (Å²) in [6.45, 7) is 8.81. The molecule has 1 aromatic rings. The van der Waals surface area contributed by atoms with E-state index >= 15 is 0 Å². The van der Waals surface area contributed by atoms with Gasteiger partial charge in [0.2, 0.25) is 5.91 Å². The van der Waals surface area contributed by atoms with E-state index in [4.69, 9.17) is 5.73 Å². The van der Waals surface area contributed by atoms with Gasteiger partial charge in [0.1, 0.15) is 6.04 Å². The highest BCUT2D eigenvalue weighted by molar-refractivity contribution is 6.00. The van der Waals surface area contributed by atoms with Gasteiger partial charge in [0.15, 0.2) is 0 Å². The molecule has 2 rings (SSSR count). The molecule has 1 atom stereocenters. The van der Waals surface area contributed by atoms with Crippen LogP contribution in [0.1, 0.15) is 38.8 Å². The van der Waals surface area contributed by atoms with Crippen LogP contribution in [0.3, 0.4) is 0 Å². The molecule has 0 saturated carbocycles. The van der Waals surface area contributed by atoms with Crippen molar-refractivity contribution in [2.24, 2.45) is 5.73 Å². The van der Waals surface area contributed by atoms with Gasteiger partial charge in [-0.3, -0.25) is 4.79 Å². The zero-order valence-corrected chi connectivity index (χ0v) is 13.1. The molecule has 1 aliphatic rings. The first-order valence-electron chi connectivity index (χ1n) is 7.21.